The van der Waals surface area contributed by atoms with Gasteiger partial charge in [0.15, 0.2) is 0 Å². The largest absolute Gasteiger partial charge is 0.496 e. The van der Waals surface area contributed by atoms with Crippen LogP contribution in [0.3, 0.4) is 0 Å². The Labute approximate surface area is 223 Å². The zero-order valence-electron chi connectivity index (χ0n) is 24.3. The molecule has 1 aromatic carbocycles. The summed E-state index contributed by atoms with van der Waals surface area (Å²) in [6.07, 6.45) is 8.74. The fourth-order valence-corrected chi connectivity index (χ4v) is 8.78. The van der Waals surface area contributed by atoms with Crippen LogP contribution in [0.4, 0.5) is 0 Å². The maximum atomic E-state index is 11.9. The average Bonchev–Trinajstić information content (AvgIpc) is 2.77. The average molecular weight is 511 g/mol. The summed E-state index contributed by atoms with van der Waals surface area (Å²) in [5.74, 6) is 2.60. The smallest absolute Gasteiger partial charge is 0.308 e. The van der Waals surface area contributed by atoms with E-state index < -0.39 is 0 Å². The van der Waals surface area contributed by atoms with E-state index in [1.165, 1.54) is 32.3 Å². The number of methoxy groups -OCH3 is 1. The van der Waals surface area contributed by atoms with Gasteiger partial charge in [-0.15, -0.1) is 0 Å². The summed E-state index contributed by atoms with van der Waals surface area (Å²) in [6, 6.07) is 3.89. The lowest BCUT2D eigenvalue weighted by molar-refractivity contribution is -0.158. The first-order valence-electron chi connectivity index (χ1n) is 14.0. The Bertz CT molecular complexity index is 1100. The fraction of sp³-hybridized carbons (Fsp3) is 0.688. The Morgan fingerprint density at radius 2 is 1.73 bits per heavy atom. The molecular formula is C32H46O5. The summed E-state index contributed by atoms with van der Waals surface area (Å²) >= 11 is 0. The molecule has 0 saturated heterocycles. The van der Waals surface area contributed by atoms with E-state index in [9.17, 15) is 9.59 Å². The Morgan fingerprint density at radius 3 is 2.35 bits per heavy atom. The normalized spacial score (nSPS) is 34.5. The number of hydrogen-bond acceptors (Lipinski definition) is 5. The van der Waals surface area contributed by atoms with Crippen molar-refractivity contribution in [1.82, 2.24) is 0 Å². The SMILES string of the molecule is COc1c(C)cc(OC(C)=O)cc1CC1C(C)CCC2C3(C)CCC(OC(C)=O)C(C)(C)C3=CCC12C. The number of fused-ring (bicyclic) bond motifs is 3. The highest BCUT2D eigenvalue weighted by atomic mass is 16.5. The van der Waals surface area contributed by atoms with Crippen molar-refractivity contribution in [3.8, 4) is 11.5 Å². The number of esters is 2. The van der Waals surface area contributed by atoms with Crippen LogP contribution >= 0.6 is 0 Å². The number of carbonyl (C=O) groups excluding carboxylic acids is 2. The summed E-state index contributed by atoms with van der Waals surface area (Å²) in [5.41, 5.74) is 3.65. The molecule has 0 aliphatic heterocycles. The third-order valence-corrected chi connectivity index (χ3v) is 10.3. The van der Waals surface area contributed by atoms with Crippen molar-refractivity contribution in [1.29, 1.82) is 0 Å². The van der Waals surface area contributed by atoms with E-state index in [1.54, 1.807) is 7.11 Å². The third kappa shape index (κ3) is 4.72. The molecule has 6 atom stereocenters. The van der Waals surface area contributed by atoms with Crippen LogP contribution in [-0.2, 0) is 20.7 Å². The maximum absolute atomic E-state index is 11.9. The number of allylic oxidation sites excluding steroid dienone is 1. The molecular weight excluding hydrogens is 464 g/mol. The van der Waals surface area contributed by atoms with E-state index in [1.807, 2.05) is 19.1 Å². The second-order valence-electron chi connectivity index (χ2n) is 13.0. The fourth-order valence-electron chi connectivity index (χ4n) is 8.78. The highest BCUT2D eigenvalue weighted by Gasteiger charge is 2.60. The molecule has 3 aliphatic carbocycles. The Balaban J connectivity index is 1.73. The van der Waals surface area contributed by atoms with Crippen molar-refractivity contribution in [2.45, 2.75) is 100 Å². The van der Waals surface area contributed by atoms with Gasteiger partial charge in [0.1, 0.15) is 17.6 Å². The minimum absolute atomic E-state index is 0.0664. The zero-order valence-corrected chi connectivity index (χ0v) is 24.3. The van der Waals surface area contributed by atoms with E-state index >= 15 is 0 Å². The van der Waals surface area contributed by atoms with Crippen LogP contribution in [0.1, 0.15) is 91.7 Å². The van der Waals surface area contributed by atoms with Crippen molar-refractivity contribution in [3.63, 3.8) is 0 Å². The van der Waals surface area contributed by atoms with Gasteiger partial charge in [-0.3, -0.25) is 9.59 Å². The van der Waals surface area contributed by atoms with Crippen molar-refractivity contribution in [2.75, 3.05) is 7.11 Å². The predicted octanol–water partition coefficient (Wildman–Crippen LogP) is 7.23. The summed E-state index contributed by atoms with van der Waals surface area (Å²) in [6.45, 7) is 16.9. The van der Waals surface area contributed by atoms with Crippen molar-refractivity contribution in [2.24, 2.45) is 34.0 Å². The second-order valence-corrected chi connectivity index (χ2v) is 13.0. The van der Waals surface area contributed by atoms with E-state index in [4.69, 9.17) is 14.2 Å². The van der Waals surface area contributed by atoms with Crippen LogP contribution in [-0.4, -0.2) is 25.2 Å². The van der Waals surface area contributed by atoms with Gasteiger partial charge in [-0.05, 0) is 90.9 Å². The lowest BCUT2D eigenvalue weighted by Gasteiger charge is -2.64. The first kappa shape index (κ1) is 27.7. The standard InChI is InChI=1S/C32H46O5/c1-19-10-11-27-31(7,14-12-26-30(5,6)28(37-22(4)34)13-15-32(26,27)8)25(19)18-23-17-24(36-21(3)33)16-20(2)29(23)35-9/h12,16-17,19,25,27-28H,10-11,13-15,18H2,1-9H3. The predicted molar refractivity (Wildman–Crippen MR) is 146 cm³/mol. The number of benzene rings is 1. The second kappa shape index (κ2) is 9.78. The van der Waals surface area contributed by atoms with Crippen LogP contribution in [0.25, 0.3) is 0 Å². The van der Waals surface area contributed by atoms with Crippen LogP contribution < -0.4 is 9.47 Å². The van der Waals surface area contributed by atoms with Crippen LogP contribution in [0.15, 0.2) is 23.8 Å². The van der Waals surface area contributed by atoms with E-state index in [0.29, 0.717) is 23.5 Å². The first-order chi connectivity index (χ1) is 17.2. The third-order valence-electron chi connectivity index (χ3n) is 10.3. The van der Waals surface area contributed by atoms with Gasteiger partial charge < -0.3 is 14.2 Å². The Kier molecular flexibility index (Phi) is 7.33. The maximum Gasteiger partial charge on any atom is 0.308 e. The van der Waals surface area contributed by atoms with Gasteiger partial charge >= 0.3 is 11.9 Å². The van der Waals surface area contributed by atoms with Gasteiger partial charge in [0, 0.05) is 19.3 Å². The highest BCUT2D eigenvalue weighted by molar-refractivity contribution is 5.69. The van der Waals surface area contributed by atoms with Crippen molar-refractivity contribution < 1.29 is 23.8 Å². The van der Waals surface area contributed by atoms with Crippen LogP contribution in [0, 0.1) is 40.9 Å². The molecule has 5 nitrogen and oxygen atoms in total. The lowest BCUT2D eigenvalue weighted by Crippen LogP contribution is -2.57. The summed E-state index contributed by atoms with van der Waals surface area (Å²) < 4.78 is 17.2. The first-order valence-corrected chi connectivity index (χ1v) is 14.0. The molecule has 4 rings (SSSR count). The minimum atomic E-state index is -0.307. The molecule has 0 bridgehead atoms. The van der Waals surface area contributed by atoms with Gasteiger partial charge in [-0.2, -0.15) is 0 Å². The minimum Gasteiger partial charge on any atom is -0.496 e. The Hall–Kier alpha value is -2.30. The van der Waals surface area contributed by atoms with E-state index in [0.717, 1.165) is 42.6 Å². The van der Waals surface area contributed by atoms with Gasteiger partial charge in [-0.25, -0.2) is 0 Å². The number of aryl methyl sites for hydroxylation is 1. The number of rotatable bonds is 5. The molecule has 0 heterocycles. The molecule has 204 valence electrons. The van der Waals surface area contributed by atoms with Gasteiger partial charge in [0.2, 0.25) is 0 Å². The van der Waals surface area contributed by atoms with Gasteiger partial charge in [-0.1, -0.05) is 52.7 Å². The molecule has 0 amide bonds. The quantitative estimate of drug-likeness (QED) is 0.238. The number of ether oxygens (including phenoxy) is 3. The summed E-state index contributed by atoms with van der Waals surface area (Å²) in [5, 5.41) is 0. The molecule has 0 aromatic heterocycles. The molecule has 37 heavy (non-hydrogen) atoms. The monoisotopic (exact) mass is 510 g/mol. The summed E-state index contributed by atoms with van der Waals surface area (Å²) in [7, 11) is 1.73. The number of hydrogen-bond donors (Lipinski definition) is 0. The topological polar surface area (TPSA) is 61.8 Å². The van der Waals surface area contributed by atoms with Gasteiger partial charge in [0.25, 0.3) is 0 Å². The molecule has 0 spiro atoms. The van der Waals surface area contributed by atoms with Crippen molar-refractivity contribution in [3.05, 3.63) is 34.9 Å². The highest BCUT2D eigenvalue weighted by Crippen LogP contribution is 2.67. The summed E-state index contributed by atoms with van der Waals surface area (Å²) in [4.78, 5) is 23.5. The zero-order chi connectivity index (χ0) is 27.3. The molecule has 3 aliphatic rings. The molecule has 2 fully saturated rings. The molecule has 5 heteroatoms. The van der Waals surface area contributed by atoms with Crippen LogP contribution in [0.5, 0.6) is 11.5 Å². The molecule has 2 saturated carbocycles. The van der Waals surface area contributed by atoms with E-state index in [-0.39, 0.29) is 34.3 Å². The number of carbonyl (C=O) groups is 2. The Morgan fingerprint density at radius 1 is 1.03 bits per heavy atom. The molecule has 6 unspecified atom stereocenters. The molecule has 1 aromatic rings. The molecule has 0 radical (unpaired) electrons. The molecule has 0 N–H and O–H groups in total. The lowest BCUT2D eigenvalue weighted by atomic mass is 9.41. The van der Waals surface area contributed by atoms with Crippen LogP contribution in [0.2, 0.25) is 0 Å². The van der Waals surface area contributed by atoms with E-state index in [2.05, 4.69) is 40.7 Å². The van der Waals surface area contributed by atoms with Gasteiger partial charge in [0.05, 0.1) is 7.11 Å². The van der Waals surface area contributed by atoms with Crippen molar-refractivity contribution >= 4 is 11.9 Å².